The van der Waals surface area contributed by atoms with Gasteiger partial charge in [0.05, 0.1) is 18.4 Å². The Balaban J connectivity index is 0.000000312. The van der Waals surface area contributed by atoms with Gasteiger partial charge in [0.15, 0.2) is 0 Å². The molecule has 202 valence electrons. The van der Waals surface area contributed by atoms with Gasteiger partial charge < -0.3 is 19.7 Å². The Morgan fingerprint density at radius 3 is 2.38 bits per heavy atom. The Labute approximate surface area is 215 Å². The number of pyridine rings is 1. The largest absolute Gasteiger partial charge is 0.497 e. The number of likely N-dealkylation sites (tertiary alicyclic amines) is 1. The van der Waals surface area contributed by atoms with Gasteiger partial charge >= 0.3 is 12.3 Å². The van der Waals surface area contributed by atoms with E-state index in [-0.39, 0.29) is 18.2 Å². The maximum Gasteiger partial charge on any atom is 0.416 e. The highest BCUT2D eigenvalue weighted by molar-refractivity contribution is 5.69. The zero-order valence-corrected chi connectivity index (χ0v) is 21.8. The van der Waals surface area contributed by atoms with Gasteiger partial charge in [0.25, 0.3) is 0 Å². The van der Waals surface area contributed by atoms with Crippen LogP contribution < -0.4 is 5.32 Å². The lowest BCUT2D eigenvalue weighted by Crippen LogP contribution is -2.38. The normalized spacial score (nSPS) is 15.4. The van der Waals surface area contributed by atoms with E-state index in [0.29, 0.717) is 40.6 Å². The van der Waals surface area contributed by atoms with Crippen LogP contribution in [-0.2, 0) is 27.0 Å². The van der Waals surface area contributed by atoms with Crippen LogP contribution in [0.3, 0.4) is 0 Å². The SMILES string of the molecule is C=C(OC)c1cnc(-c2ccc(C(F)(F)F)cc2)cc1CNC=O.CC1CCCN1C(=O)OC(C)(C)C. The Bertz CT molecular complexity index is 1080. The van der Waals surface area contributed by atoms with Crippen LogP contribution in [0.1, 0.15) is 57.2 Å². The van der Waals surface area contributed by atoms with Crippen molar-refractivity contribution >= 4 is 18.3 Å². The van der Waals surface area contributed by atoms with Crippen molar-refractivity contribution in [3.8, 4) is 11.3 Å². The van der Waals surface area contributed by atoms with E-state index in [1.807, 2.05) is 25.7 Å². The summed E-state index contributed by atoms with van der Waals surface area (Å²) in [5.41, 5.74) is 1.23. The van der Waals surface area contributed by atoms with Crippen LogP contribution in [0.15, 0.2) is 43.1 Å². The fraction of sp³-hybridized carbons (Fsp3) is 0.444. The summed E-state index contributed by atoms with van der Waals surface area (Å²) in [6, 6.07) is 6.73. The van der Waals surface area contributed by atoms with Crippen LogP contribution >= 0.6 is 0 Å². The summed E-state index contributed by atoms with van der Waals surface area (Å²) in [4.78, 5) is 28.2. The molecule has 1 saturated heterocycles. The number of carbonyl (C=O) groups is 2. The number of benzene rings is 1. The van der Waals surface area contributed by atoms with E-state index in [9.17, 15) is 22.8 Å². The van der Waals surface area contributed by atoms with Gasteiger partial charge in [-0.15, -0.1) is 0 Å². The van der Waals surface area contributed by atoms with Gasteiger partial charge in [-0.3, -0.25) is 9.78 Å². The highest BCUT2D eigenvalue weighted by Gasteiger charge is 2.30. The van der Waals surface area contributed by atoms with Gasteiger partial charge in [-0.05, 0) is 64.3 Å². The van der Waals surface area contributed by atoms with Gasteiger partial charge in [-0.1, -0.05) is 18.7 Å². The van der Waals surface area contributed by atoms with E-state index < -0.39 is 11.7 Å². The van der Waals surface area contributed by atoms with E-state index in [0.717, 1.165) is 31.5 Å². The quantitative estimate of drug-likeness (QED) is 0.371. The van der Waals surface area contributed by atoms with Crippen molar-refractivity contribution in [2.45, 2.75) is 64.9 Å². The Morgan fingerprint density at radius 2 is 1.89 bits per heavy atom. The molecule has 0 aliphatic carbocycles. The summed E-state index contributed by atoms with van der Waals surface area (Å²) in [5.74, 6) is 0.379. The first-order chi connectivity index (χ1) is 17.3. The second-order valence-electron chi connectivity index (χ2n) is 9.59. The second-order valence-corrected chi connectivity index (χ2v) is 9.59. The van der Waals surface area contributed by atoms with Crippen molar-refractivity contribution in [1.82, 2.24) is 15.2 Å². The topological polar surface area (TPSA) is 80.8 Å². The highest BCUT2D eigenvalue weighted by Crippen LogP contribution is 2.31. The van der Waals surface area contributed by atoms with E-state index in [2.05, 4.69) is 23.8 Å². The minimum absolute atomic E-state index is 0.169. The van der Waals surface area contributed by atoms with Crippen molar-refractivity contribution in [1.29, 1.82) is 0 Å². The number of halogens is 3. The number of rotatable bonds is 6. The van der Waals surface area contributed by atoms with E-state index in [1.165, 1.54) is 25.4 Å². The number of carbonyl (C=O) groups excluding carboxylic acids is 2. The lowest BCUT2D eigenvalue weighted by atomic mass is 10.0. The fourth-order valence-electron chi connectivity index (χ4n) is 3.67. The Morgan fingerprint density at radius 1 is 1.24 bits per heavy atom. The van der Waals surface area contributed by atoms with Crippen molar-refractivity contribution in [2.75, 3.05) is 13.7 Å². The number of ether oxygens (including phenoxy) is 2. The van der Waals surface area contributed by atoms with Crippen molar-refractivity contribution < 1.29 is 32.2 Å². The second kappa shape index (κ2) is 12.6. The van der Waals surface area contributed by atoms with Gasteiger partial charge in [-0.25, -0.2) is 4.79 Å². The number of methoxy groups -OCH3 is 1. The molecule has 7 nitrogen and oxygen atoms in total. The summed E-state index contributed by atoms with van der Waals surface area (Å²) >= 11 is 0. The van der Waals surface area contributed by atoms with Gasteiger partial charge in [0.1, 0.15) is 11.4 Å². The summed E-state index contributed by atoms with van der Waals surface area (Å²) in [5, 5.41) is 2.54. The number of amides is 2. The maximum absolute atomic E-state index is 12.6. The van der Waals surface area contributed by atoms with Crippen LogP contribution in [0.2, 0.25) is 0 Å². The van der Waals surface area contributed by atoms with Crippen LogP contribution in [0.25, 0.3) is 17.0 Å². The molecule has 0 saturated carbocycles. The van der Waals surface area contributed by atoms with Gasteiger partial charge in [0, 0.05) is 36.5 Å². The molecule has 37 heavy (non-hydrogen) atoms. The van der Waals surface area contributed by atoms with Gasteiger partial charge in [-0.2, -0.15) is 13.2 Å². The zero-order chi connectivity index (χ0) is 27.8. The molecule has 1 aliphatic heterocycles. The smallest absolute Gasteiger partial charge is 0.416 e. The molecule has 2 aromatic rings. The first-order valence-corrected chi connectivity index (χ1v) is 11.8. The molecule has 1 aliphatic rings. The fourth-order valence-corrected chi connectivity index (χ4v) is 3.67. The number of hydrogen-bond acceptors (Lipinski definition) is 5. The van der Waals surface area contributed by atoms with Crippen LogP contribution in [0, 0.1) is 0 Å². The predicted octanol–water partition coefficient (Wildman–Crippen LogP) is 6.04. The molecule has 1 aromatic heterocycles. The standard InChI is InChI=1S/C17H15F3N2O2.C10H19NO2/c1-11(24-2)15-9-22-16(7-13(15)8-21-10-23)12-3-5-14(6-4-12)17(18,19)20;1-8-6-5-7-11(8)9(12)13-10(2,3)4/h3-7,9-10H,1,8H2,2H3,(H,21,23);8H,5-7H2,1-4H3. The molecule has 1 unspecified atom stereocenters. The molecule has 2 amide bonds. The third kappa shape index (κ3) is 8.80. The molecule has 3 rings (SSSR count). The third-order valence-corrected chi connectivity index (χ3v) is 5.60. The minimum atomic E-state index is -4.38. The Kier molecular flexibility index (Phi) is 10.1. The van der Waals surface area contributed by atoms with Crippen molar-refractivity contribution in [3.63, 3.8) is 0 Å². The minimum Gasteiger partial charge on any atom is -0.497 e. The molecule has 0 bridgehead atoms. The van der Waals surface area contributed by atoms with Crippen LogP contribution in [0.5, 0.6) is 0 Å². The number of alkyl halides is 3. The number of nitrogens with zero attached hydrogens (tertiary/aromatic N) is 2. The van der Waals surface area contributed by atoms with E-state index in [1.54, 1.807) is 6.07 Å². The summed E-state index contributed by atoms with van der Waals surface area (Å²) < 4.78 is 48.2. The summed E-state index contributed by atoms with van der Waals surface area (Å²) in [6.45, 7) is 12.6. The number of aromatic nitrogens is 1. The summed E-state index contributed by atoms with van der Waals surface area (Å²) in [6.07, 6.45) is -0.291. The van der Waals surface area contributed by atoms with Crippen LogP contribution in [0.4, 0.5) is 18.0 Å². The first kappa shape index (κ1) is 29.7. The average Bonchev–Trinajstić information content (AvgIpc) is 3.27. The maximum atomic E-state index is 12.6. The number of hydrogen-bond donors (Lipinski definition) is 1. The molecule has 1 aromatic carbocycles. The lowest BCUT2D eigenvalue weighted by molar-refractivity contribution is -0.137. The van der Waals surface area contributed by atoms with Gasteiger partial charge in [0.2, 0.25) is 6.41 Å². The molecule has 1 fully saturated rings. The Hall–Kier alpha value is -3.56. The van der Waals surface area contributed by atoms with Crippen molar-refractivity contribution in [3.05, 3.63) is 59.8 Å². The monoisotopic (exact) mass is 521 g/mol. The predicted molar refractivity (Wildman–Crippen MR) is 135 cm³/mol. The molecular formula is C27H34F3N3O4. The molecule has 2 heterocycles. The molecule has 1 N–H and O–H groups in total. The molecule has 1 atom stereocenters. The highest BCUT2D eigenvalue weighted by atomic mass is 19.4. The van der Waals surface area contributed by atoms with E-state index >= 15 is 0 Å². The number of nitrogens with one attached hydrogen (secondary N) is 1. The lowest BCUT2D eigenvalue weighted by Gasteiger charge is -2.26. The first-order valence-electron chi connectivity index (χ1n) is 11.8. The van der Waals surface area contributed by atoms with E-state index in [4.69, 9.17) is 9.47 Å². The molecule has 10 heteroatoms. The molecule has 0 radical (unpaired) electrons. The summed E-state index contributed by atoms with van der Waals surface area (Å²) in [7, 11) is 1.46. The van der Waals surface area contributed by atoms with Crippen LogP contribution in [-0.4, -0.2) is 47.7 Å². The van der Waals surface area contributed by atoms with Crippen molar-refractivity contribution in [2.24, 2.45) is 0 Å². The third-order valence-electron chi connectivity index (χ3n) is 5.60. The molecular weight excluding hydrogens is 487 g/mol. The zero-order valence-electron chi connectivity index (χ0n) is 21.8. The molecule has 0 spiro atoms. The average molecular weight is 522 g/mol.